The Bertz CT molecular complexity index is 723. The lowest BCUT2D eigenvalue weighted by Crippen LogP contribution is -2.23. The topological polar surface area (TPSA) is 56.8 Å². The summed E-state index contributed by atoms with van der Waals surface area (Å²) in [6.45, 7) is 0.560. The van der Waals surface area contributed by atoms with Crippen molar-refractivity contribution in [3.8, 4) is 17.2 Å². The molecule has 1 amide bonds. The zero-order valence-electron chi connectivity index (χ0n) is 14.7. The average Bonchev–Trinajstić information content (AvgIpc) is 2.66. The Balaban J connectivity index is 1.88. The Morgan fingerprint density at radius 2 is 1.64 bits per heavy atom. The molecule has 0 spiro atoms. The molecule has 0 aliphatic heterocycles. The van der Waals surface area contributed by atoms with E-state index in [-0.39, 0.29) is 5.91 Å². The molecule has 0 aromatic heterocycles. The summed E-state index contributed by atoms with van der Waals surface area (Å²) in [6.07, 6.45) is 3.96. The number of carbonyl (C=O) groups is 1. The van der Waals surface area contributed by atoms with E-state index in [2.05, 4.69) is 5.32 Å². The largest absolute Gasteiger partial charge is 0.497 e. The second-order valence-electron chi connectivity index (χ2n) is 5.33. The minimum atomic E-state index is -0.154. The molecule has 0 radical (unpaired) electrons. The summed E-state index contributed by atoms with van der Waals surface area (Å²) in [5, 5.41) is 2.87. The van der Waals surface area contributed by atoms with Crippen molar-refractivity contribution in [3.05, 3.63) is 59.7 Å². The van der Waals surface area contributed by atoms with E-state index < -0.39 is 0 Å². The Morgan fingerprint density at radius 3 is 2.28 bits per heavy atom. The molecule has 2 aromatic carbocycles. The summed E-state index contributed by atoms with van der Waals surface area (Å²) in [5.74, 6) is 2.06. The van der Waals surface area contributed by atoms with Crippen LogP contribution >= 0.6 is 0 Å². The fraction of sp³-hybridized carbons (Fsp3) is 0.250. The monoisotopic (exact) mass is 341 g/mol. The van der Waals surface area contributed by atoms with Crippen LogP contribution in [0, 0.1) is 0 Å². The second-order valence-corrected chi connectivity index (χ2v) is 5.33. The van der Waals surface area contributed by atoms with Gasteiger partial charge in [0.1, 0.15) is 17.2 Å². The van der Waals surface area contributed by atoms with Gasteiger partial charge in [0.15, 0.2) is 0 Å². The summed E-state index contributed by atoms with van der Waals surface area (Å²) in [4.78, 5) is 12.0. The van der Waals surface area contributed by atoms with Crippen molar-refractivity contribution in [1.82, 2.24) is 5.32 Å². The summed E-state index contributed by atoms with van der Waals surface area (Å²) in [6, 6.07) is 13.2. The maximum absolute atomic E-state index is 12.0. The van der Waals surface area contributed by atoms with Gasteiger partial charge in [0.25, 0.3) is 0 Å². The molecule has 2 rings (SSSR count). The number of hydrogen-bond donors (Lipinski definition) is 1. The molecule has 0 fully saturated rings. The van der Waals surface area contributed by atoms with Crippen LogP contribution in [-0.4, -0.2) is 33.8 Å². The van der Waals surface area contributed by atoms with Crippen LogP contribution in [0.1, 0.15) is 11.1 Å². The normalized spacial score (nSPS) is 10.5. The highest BCUT2D eigenvalue weighted by atomic mass is 16.5. The van der Waals surface area contributed by atoms with Crippen molar-refractivity contribution in [3.63, 3.8) is 0 Å². The number of rotatable bonds is 8. The molecule has 0 aliphatic rings. The third-order valence-corrected chi connectivity index (χ3v) is 3.72. The van der Waals surface area contributed by atoms with Crippen molar-refractivity contribution in [2.45, 2.75) is 6.42 Å². The molecule has 0 atom stereocenters. The number of ether oxygens (including phenoxy) is 3. The van der Waals surface area contributed by atoms with E-state index in [0.29, 0.717) is 18.0 Å². The molecular weight excluding hydrogens is 318 g/mol. The zero-order chi connectivity index (χ0) is 18.1. The van der Waals surface area contributed by atoms with Gasteiger partial charge in [-0.05, 0) is 48.4 Å². The molecule has 2 aromatic rings. The summed E-state index contributed by atoms with van der Waals surface area (Å²) >= 11 is 0. The van der Waals surface area contributed by atoms with Gasteiger partial charge >= 0.3 is 0 Å². The Hall–Kier alpha value is -2.95. The van der Waals surface area contributed by atoms with Gasteiger partial charge in [-0.15, -0.1) is 0 Å². The molecule has 0 aliphatic carbocycles. The lowest BCUT2D eigenvalue weighted by Gasteiger charge is -2.07. The summed E-state index contributed by atoms with van der Waals surface area (Å²) < 4.78 is 15.6. The molecule has 132 valence electrons. The predicted molar refractivity (Wildman–Crippen MR) is 98.3 cm³/mol. The molecule has 25 heavy (non-hydrogen) atoms. The fourth-order valence-electron chi connectivity index (χ4n) is 2.32. The highest BCUT2D eigenvalue weighted by Crippen LogP contribution is 2.24. The van der Waals surface area contributed by atoms with Gasteiger partial charge in [-0.25, -0.2) is 0 Å². The highest BCUT2D eigenvalue weighted by Gasteiger charge is 2.03. The standard InChI is InChI=1S/C20H23NO4/c1-23-17-7-4-15(5-8-17)12-13-21-20(22)11-6-16-14-18(24-2)9-10-19(16)25-3/h4-11,14H,12-13H2,1-3H3,(H,21,22)/b11-6+. The van der Waals surface area contributed by atoms with Crippen molar-refractivity contribution in [1.29, 1.82) is 0 Å². The number of hydrogen-bond acceptors (Lipinski definition) is 4. The second kappa shape index (κ2) is 9.37. The van der Waals surface area contributed by atoms with Gasteiger partial charge in [0.05, 0.1) is 21.3 Å². The molecule has 0 bridgehead atoms. The Kier molecular flexibility index (Phi) is 6.89. The van der Waals surface area contributed by atoms with Crippen LogP contribution in [0.25, 0.3) is 6.08 Å². The van der Waals surface area contributed by atoms with Crippen LogP contribution in [0.5, 0.6) is 17.2 Å². The number of benzene rings is 2. The quantitative estimate of drug-likeness (QED) is 0.750. The first-order valence-electron chi connectivity index (χ1n) is 7.97. The van der Waals surface area contributed by atoms with Gasteiger partial charge in [-0.1, -0.05) is 12.1 Å². The first-order chi connectivity index (χ1) is 12.2. The molecule has 0 saturated heterocycles. The first-order valence-corrected chi connectivity index (χ1v) is 7.97. The van der Waals surface area contributed by atoms with Gasteiger partial charge in [0.2, 0.25) is 5.91 Å². The molecular formula is C20H23NO4. The smallest absolute Gasteiger partial charge is 0.244 e. The minimum absolute atomic E-state index is 0.154. The number of amides is 1. The van der Waals surface area contributed by atoms with E-state index in [0.717, 1.165) is 23.3 Å². The molecule has 1 N–H and O–H groups in total. The molecule has 5 nitrogen and oxygen atoms in total. The Morgan fingerprint density at radius 1 is 0.960 bits per heavy atom. The Labute approximate surface area is 148 Å². The minimum Gasteiger partial charge on any atom is -0.497 e. The van der Waals surface area contributed by atoms with E-state index >= 15 is 0 Å². The first kappa shape index (κ1) is 18.4. The zero-order valence-corrected chi connectivity index (χ0v) is 14.7. The molecule has 0 heterocycles. The van der Waals surface area contributed by atoms with Gasteiger partial charge in [-0.3, -0.25) is 4.79 Å². The van der Waals surface area contributed by atoms with Crippen LogP contribution in [0.2, 0.25) is 0 Å². The van der Waals surface area contributed by atoms with Crippen molar-refractivity contribution < 1.29 is 19.0 Å². The van der Waals surface area contributed by atoms with E-state index in [1.54, 1.807) is 33.5 Å². The lowest BCUT2D eigenvalue weighted by atomic mass is 10.1. The lowest BCUT2D eigenvalue weighted by molar-refractivity contribution is -0.116. The molecule has 5 heteroatoms. The van der Waals surface area contributed by atoms with Crippen LogP contribution in [-0.2, 0) is 11.2 Å². The van der Waals surface area contributed by atoms with Crippen molar-refractivity contribution in [2.75, 3.05) is 27.9 Å². The van der Waals surface area contributed by atoms with E-state index in [4.69, 9.17) is 14.2 Å². The molecule has 0 unspecified atom stereocenters. The van der Waals surface area contributed by atoms with Crippen LogP contribution in [0.15, 0.2) is 48.5 Å². The maximum atomic E-state index is 12.0. The summed E-state index contributed by atoms with van der Waals surface area (Å²) in [7, 11) is 4.83. The van der Waals surface area contributed by atoms with Gasteiger partial charge < -0.3 is 19.5 Å². The average molecular weight is 341 g/mol. The van der Waals surface area contributed by atoms with Crippen LogP contribution < -0.4 is 19.5 Å². The SMILES string of the molecule is COc1ccc(CCNC(=O)/C=C/c2cc(OC)ccc2OC)cc1. The highest BCUT2D eigenvalue weighted by molar-refractivity contribution is 5.92. The van der Waals surface area contributed by atoms with Crippen molar-refractivity contribution >= 4 is 12.0 Å². The van der Waals surface area contributed by atoms with Crippen molar-refractivity contribution in [2.24, 2.45) is 0 Å². The number of carbonyl (C=O) groups excluding carboxylic acids is 1. The third kappa shape index (κ3) is 5.57. The number of nitrogens with one attached hydrogen (secondary N) is 1. The summed E-state index contributed by atoms with van der Waals surface area (Å²) in [5.41, 5.74) is 1.92. The van der Waals surface area contributed by atoms with Crippen LogP contribution in [0.3, 0.4) is 0 Å². The maximum Gasteiger partial charge on any atom is 0.244 e. The molecule has 0 saturated carbocycles. The predicted octanol–water partition coefficient (Wildman–Crippen LogP) is 3.08. The number of methoxy groups -OCH3 is 3. The van der Waals surface area contributed by atoms with E-state index in [1.165, 1.54) is 6.08 Å². The third-order valence-electron chi connectivity index (χ3n) is 3.72. The van der Waals surface area contributed by atoms with E-state index in [1.807, 2.05) is 36.4 Å². The van der Waals surface area contributed by atoms with Gasteiger partial charge in [-0.2, -0.15) is 0 Å². The van der Waals surface area contributed by atoms with Crippen LogP contribution in [0.4, 0.5) is 0 Å². The fourth-order valence-corrected chi connectivity index (χ4v) is 2.32. The van der Waals surface area contributed by atoms with Gasteiger partial charge in [0, 0.05) is 18.2 Å². The van der Waals surface area contributed by atoms with E-state index in [9.17, 15) is 4.79 Å².